The minimum Gasteiger partial charge on any atom is -0.338 e. The van der Waals surface area contributed by atoms with E-state index in [1.54, 1.807) is 18.2 Å². The van der Waals surface area contributed by atoms with Crippen LogP contribution in [0.4, 0.5) is 5.88 Å². The molecule has 7 heteroatoms. The molecule has 0 radical (unpaired) electrons. The molecule has 0 bridgehead atoms. The second-order valence-corrected chi connectivity index (χ2v) is 7.81. The Morgan fingerprint density at radius 1 is 1.22 bits per heavy atom. The number of hydrogen-bond acceptors (Lipinski definition) is 5. The summed E-state index contributed by atoms with van der Waals surface area (Å²) in [6, 6.07) is 6.40. The summed E-state index contributed by atoms with van der Waals surface area (Å²) in [7, 11) is -3.70. The zero-order valence-corrected chi connectivity index (χ0v) is 14.4. The van der Waals surface area contributed by atoms with Crippen molar-refractivity contribution in [2.45, 2.75) is 38.5 Å². The van der Waals surface area contributed by atoms with E-state index < -0.39 is 21.5 Å². The average molecular weight is 336 g/mol. The normalized spacial score (nSPS) is 11.7. The number of rotatable bonds is 5. The van der Waals surface area contributed by atoms with Gasteiger partial charge in [-0.2, -0.15) is 0 Å². The van der Waals surface area contributed by atoms with Gasteiger partial charge < -0.3 is 4.52 Å². The van der Waals surface area contributed by atoms with Gasteiger partial charge in [-0.05, 0) is 43.0 Å². The maximum atomic E-state index is 12.3. The second-order valence-electron chi connectivity index (χ2n) is 5.82. The molecule has 1 aromatic carbocycles. The third-order valence-electron chi connectivity index (χ3n) is 3.54. The van der Waals surface area contributed by atoms with Crippen molar-refractivity contribution >= 4 is 21.6 Å². The van der Waals surface area contributed by atoms with Crippen LogP contribution in [0.25, 0.3) is 0 Å². The number of nitrogens with one attached hydrogen (secondary N) is 1. The number of sulfone groups is 1. The van der Waals surface area contributed by atoms with Crippen molar-refractivity contribution in [2.24, 2.45) is 0 Å². The van der Waals surface area contributed by atoms with E-state index in [1.807, 2.05) is 27.7 Å². The van der Waals surface area contributed by atoms with Crippen molar-refractivity contribution in [1.82, 2.24) is 5.16 Å². The van der Waals surface area contributed by atoms with E-state index in [-0.39, 0.29) is 16.7 Å². The predicted molar refractivity (Wildman–Crippen MR) is 87.2 cm³/mol. The highest BCUT2D eigenvalue weighted by molar-refractivity contribution is 7.92. The summed E-state index contributed by atoms with van der Waals surface area (Å²) in [5.41, 5.74) is 2.55. The number of amides is 1. The van der Waals surface area contributed by atoms with Gasteiger partial charge in [-0.25, -0.2) is 8.42 Å². The first-order valence-corrected chi connectivity index (χ1v) is 8.91. The summed E-state index contributed by atoms with van der Waals surface area (Å²) in [5, 5.41) is 6.23. The van der Waals surface area contributed by atoms with Crippen LogP contribution in [0, 0.1) is 13.8 Å². The molecule has 2 aromatic rings. The minimum atomic E-state index is -3.70. The van der Waals surface area contributed by atoms with Crippen LogP contribution >= 0.6 is 0 Å². The molecule has 124 valence electrons. The van der Waals surface area contributed by atoms with E-state index in [1.165, 1.54) is 6.07 Å². The van der Waals surface area contributed by atoms with Crippen molar-refractivity contribution < 1.29 is 17.7 Å². The van der Waals surface area contributed by atoms with Gasteiger partial charge in [-0.1, -0.05) is 25.1 Å². The van der Waals surface area contributed by atoms with Gasteiger partial charge in [-0.15, -0.1) is 0 Å². The van der Waals surface area contributed by atoms with E-state index in [2.05, 4.69) is 10.5 Å². The third-order valence-corrected chi connectivity index (χ3v) is 5.16. The Morgan fingerprint density at radius 3 is 2.48 bits per heavy atom. The molecule has 2 rings (SSSR count). The quantitative estimate of drug-likeness (QED) is 0.907. The van der Waals surface area contributed by atoms with Gasteiger partial charge in [0.2, 0.25) is 11.8 Å². The van der Waals surface area contributed by atoms with Crippen LogP contribution in [0.5, 0.6) is 0 Å². The molecule has 0 saturated heterocycles. The fraction of sp³-hybridized carbons (Fsp3) is 0.375. The van der Waals surface area contributed by atoms with Crippen molar-refractivity contribution in [3.63, 3.8) is 0 Å². The van der Waals surface area contributed by atoms with Crippen LogP contribution < -0.4 is 5.32 Å². The van der Waals surface area contributed by atoms with Crippen molar-refractivity contribution in [2.75, 3.05) is 11.1 Å². The lowest BCUT2D eigenvalue weighted by Crippen LogP contribution is -2.22. The smallest absolute Gasteiger partial charge is 0.242 e. The molecule has 0 spiro atoms. The van der Waals surface area contributed by atoms with Crippen molar-refractivity contribution in [3.8, 4) is 0 Å². The zero-order valence-electron chi connectivity index (χ0n) is 13.6. The maximum absolute atomic E-state index is 12.3. The first-order valence-electron chi connectivity index (χ1n) is 7.25. The lowest BCUT2D eigenvalue weighted by Gasteiger charge is -2.06. The second kappa shape index (κ2) is 6.54. The highest BCUT2D eigenvalue weighted by Crippen LogP contribution is 2.19. The van der Waals surface area contributed by atoms with Gasteiger partial charge >= 0.3 is 0 Å². The summed E-state index contributed by atoms with van der Waals surface area (Å²) in [4.78, 5) is 12.1. The summed E-state index contributed by atoms with van der Waals surface area (Å²) < 4.78 is 29.6. The number of aryl methyl sites for hydroxylation is 2. The Labute approximate surface area is 135 Å². The highest BCUT2D eigenvalue weighted by atomic mass is 32.2. The molecule has 1 aromatic heterocycles. The first-order chi connectivity index (χ1) is 10.7. The number of aromatic nitrogens is 1. The Bertz CT molecular complexity index is 822. The average Bonchev–Trinajstić information content (AvgIpc) is 2.89. The van der Waals surface area contributed by atoms with Gasteiger partial charge in [0.1, 0.15) is 5.75 Å². The molecular weight excluding hydrogens is 316 g/mol. The van der Waals surface area contributed by atoms with Gasteiger partial charge in [0.25, 0.3) is 0 Å². The Kier molecular flexibility index (Phi) is 4.89. The van der Waals surface area contributed by atoms with E-state index >= 15 is 0 Å². The molecule has 1 amide bonds. The summed E-state index contributed by atoms with van der Waals surface area (Å²) in [6.45, 7) is 7.60. The highest BCUT2D eigenvalue weighted by Gasteiger charge is 2.21. The van der Waals surface area contributed by atoms with E-state index in [0.717, 1.165) is 11.1 Å². The standard InChI is InChI=1S/C16H20N2O4S/c1-10(2)14-8-16(22-18-14)17-15(19)9-23(20,21)13-6-5-11(3)12(4)7-13/h5-8,10H,9H2,1-4H3,(H,17,19). The maximum Gasteiger partial charge on any atom is 0.242 e. The number of hydrogen-bond donors (Lipinski definition) is 1. The van der Waals surface area contributed by atoms with Crippen molar-refractivity contribution in [3.05, 3.63) is 41.1 Å². The van der Waals surface area contributed by atoms with E-state index in [4.69, 9.17) is 4.52 Å². The molecule has 6 nitrogen and oxygen atoms in total. The fourth-order valence-electron chi connectivity index (χ4n) is 1.96. The molecule has 23 heavy (non-hydrogen) atoms. The summed E-state index contributed by atoms with van der Waals surface area (Å²) >= 11 is 0. The van der Waals surface area contributed by atoms with Crippen LogP contribution in [-0.4, -0.2) is 25.2 Å². The summed E-state index contributed by atoms with van der Waals surface area (Å²) in [5.74, 6) is -1.000. The Morgan fingerprint density at radius 2 is 1.91 bits per heavy atom. The van der Waals surface area contributed by atoms with Crippen LogP contribution in [0.3, 0.4) is 0 Å². The number of benzene rings is 1. The number of anilines is 1. The van der Waals surface area contributed by atoms with E-state index in [0.29, 0.717) is 5.69 Å². The van der Waals surface area contributed by atoms with Gasteiger partial charge in [0.15, 0.2) is 9.84 Å². The zero-order chi connectivity index (χ0) is 17.2. The number of carbonyl (C=O) groups is 1. The molecule has 0 fully saturated rings. The lowest BCUT2D eigenvalue weighted by atomic mass is 10.1. The Balaban J connectivity index is 2.10. The SMILES string of the molecule is Cc1ccc(S(=O)(=O)CC(=O)Nc2cc(C(C)C)no2)cc1C. The predicted octanol–water partition coefficient (Wildman–Crippen LogP) is 2.83. The minimum absolute atomic E-state index is 0.135. The number of nitrogens with zero attached hydrogens (tertiary/aromatic N) is 1. The monoisotopic (exact) mass is 336 g/mol. The third kappa shape index (κ3) is 4.19. The topological polar surface area (TPSA) is 89.3 Å². The summed E-state index contributed by atoms with van der Waals surface area (Å²) in [6.07, 6.45) is 0. The molecule has 0 atom stereocenters. The van der Waals surface area contributed by atoms with Gasteiger partial charge in [0.05, 0.1) is 10.6 Å². The molecule has 1 N–H and O–H groups in total. The molecule has 0 saturated carbocycles. The molecule has 1 heterocycles. The van der Waals surface area contributed by atoms with E-state index in [9.17, 15) is 13.2 Å². The largest absolute Gasteiger partial charge is 0.338 e. The lowest BCUT2D eigenvalue weighted by molar-refractivity contribution is -0.114. The molecule has 0 aliphatic heterocycles. The van der Waals surface area contributed by atoms with Crippen molar-refractivity contribution in [1.29, 1.82) is 0 Å². The van der Waals surface area contributed by atoms with Gasteiger partial charge in [-0.3, -0.25) is 10.1 Å². The van der Waals surface area contributed by atoms with Crippen LogP contribution in [0.15, 0.2) is 33.7 Å². The van der Waals surface area contributed by atoms with Crippen LogP contribution in [-0.2, 0) is 14.6 Å². The van der Waals surface area contributed by atoms with Gasteiger partial charge in [0, 0.05) is 6.07 Å². The number of carbonyl (C=O) groups excluding carboxylic acids is 1. The fourth-order valence-corrected chi connectivity index (χ4v) is 3.17. The molecular formula is C16H20N2O4S. The molecule has 0 aliphatic carbocycles. The first kappa shape index (κ1) is 17.2. The van der Waals surface area contributed by atoms with Crippen LogP contribution in [0.2, 0.25) is 0 Å². The molecule has 0 unspecified atom stereocenters. The Hall–Kier alpha value is -2.15. The molecule has 0 aliphatic rings. The van der Waals surface area contributed by atoms with Crippen LogP contribution in [0.1, 0.15) is 36.6 Å².